The largest absolute Gasteiger partial charge is 0.493 e. The first-order valence-electron chi connectivity index (χ1n) is 12.5. The number of amides is 2. The molecule has 206 valence electrons. The van der Waals surface area contributed by atoms with E-state index in [0.29, 0.717) is 71.5 Å². The van der Waals surface area contributed by atoms with Gasteiger partial charge in [0.05, 0.1) is 23.3 Å². The molecular weight excluding hydrogens is 595 g/mol. The normalized spacial score (nSPS) is 19.1. The number of nitrogens with one attached hydrogen (secondary N) is 1. The van der Waals surface area contributed by atoms with Gasteiger partial charge in [0.2, 0.25) is 11.8 Å². The van der Waals surface area contributed by atoms with Gasteiger partial charge in [-0.15, -0.1) is 0 Å². The Bertz CT molecular complexity index is 955. The SMILES string of the molecule is CCCC(=O)N(CCCOCC)[C@@H]1CC(C(=O)NCCO)=C[C@H](Oc2c(I)cc(C=O)cc2OC)[C@H]1O. The number of benzene rings is 1. The van der Waals surface area contributed by atoms with Crippen molar-refractivity contribution >= 4 is 40.7 Å². The average Bonchev–Trinajstić information content (AvgIpc) is 2.89. The first-order valence-corrected chi connectivity index (χ1v) is 13.5. The fraction of sp³-hybridized carbons (Fsp3) is 0.577. The number of aliphatic hydroxyl groups is 2. The molecule has 3 atom stereocenters. The third kappa shape index (κ3) is 8.66. The van der Waals surface area contributed by atoms with E-state index in [0.717, 1.165) is 0 Å². The van der Waals surface area contributed by atoms with E-state index in [4.69, 9.17) is 19.3 Å². The number of methoxy groups -OCH3 is 1. The molecule has 1 aliphatic rings. The lowest BCUT2D eigenvalue weighted by Gasteiger charge is -2.40. The van der Waals surface area contributed by atoms with E-state index in [-0.39, 0.29) is 25.5 Å². The maximum atomic E-state index is 13.1. The lowest BCUT2D eigenvalue weighted by molar-refractivity contribution is -0.139. The first-order chi connectivity index (χ1) is 17.8. The summed E-state index contributed by atoms with van der Waals surface area (Å²) in [7, 11) is 1.44. The molecule has 2 amide bonds. The molecule has 0 saturated carbocycles. The maximum Gasteiger partial charge on any atom is 0.247 e. The van der Waals surface area contributed by atoms with Crippen LogP contribution in [0.25, 0.3) is 0 Å². The number of hydrogen-bond acceptors (Lipinski definition) is 8. The van der Waals surface area contributed by atoms with Crippen LogP contribution in [0.1, 0.15) is 49.9 Å². The summed E-state index contributed by atoms with van der Waals surface area (Å²) in [6.07, 6.45) is 1.76. The van der Waals surface area contributed by atoms with Gasteiger partial charge in [0.1, 0.15) is 18.5 Å². The van der Waals surface area contributed by atoms with Gasteiger partial charge in [-0.05, 0) is 60.6 Å². The molecule has 0 radical (unpaired) electrons. The monoisotopic (exact) mass is 632 g/mol. The second-order valence-electron chi connectivity index (χ2n) is 8.56. The molecule has 37 heavy (non-hydrogen) atoms. The van der Waals surface area contributed by atoms with Crippen molar-refractivity contribution in [3.63, 3.8) is 0 Å². The summed E-state index contributed by atoms with van der Waals surface area (Å²) in [5.41, 5.74) is 0.743. The number of halogens is 1. The van der Waals surface area contributed by atoms with Gasteiger partial charge >= 0.3 is 0 Å². The van der Waals surface area contributed by atoms with Crippen molar-refractivity contribution in [3.05, 3.63) is 32.9 Å². The molecule has 3 N–H and O–H groups in total. The number of aliphatic hydroxyl groups excluding tert-OH is 2. The van der Waals surface area contributed by atoms with Crippen molar-refractivity contribution < 1.29 is 38.8 Å². The minimum absolute atomic E-state index is 0.0701. The number of nitrogens with zero attached hydrogens (tertiary/aromatic N) is 1. The fourth-order valence-electron chi connectivity index (χ4n) is 4.15. The van der Waals surface area contributed by atoms with Crippen LogP contribution in [0.3, 0.4) is 0 Å². The second-order valence-corrected chi connectivity index (χ2v) is 9.72. The van der Waals surface area contributed by atoms with Crippen molar-refractivity contribution in [1.82, 2.24) is 10.2 Å². The Morgan fingerprint density at radius 3 is 2.68 bits per heavy atom. The maximum absolute atomic E-state index is 13.1. The molecule has 0 aromatic heterocycles. The zero-order valence-electron chi connectivity index (χ0n) is 21.6. The number of carbonyl (C=O) groups is 3. The molecule has 0 unspecified atom stereocenters. The molecule has 0 aliphatic heterocycles. The summed E-state index contributed by atoms with van der Waals surface area (Å²) in [5.74, 6) is 0.0854. The Hall–Kier alpha value is -2.22. The van der Waals surface area contributed by atoms with Crippen LogP contribution in [0.2, 0.25) is 0 Å². The fourth-order valence-corrected chi connectivity index (χ4v) is 4.90. The lowest BCUT2D eigenvalue weighted by atomic mass is 9.87. The van der Waals surface area contributed by atoms with Crippen molar-refractivity contribution in [2.75, 3.05) is 40.0 Å². The predicted molar refractivity (Wildman–Crippen MR) is 146 cm³/mol. The van der Waals surface area contributed by atoms with Crippen LogP contribution < -0.4 is 14.8 Å². The molecule has 1 aromatic carbocycles. The minimum Gasteiger partial charge on any atom is -0.493 e. The Labute approximate surface area is 231 Å². The van der Waals surface area contributed by atoms with Crippen LogP contribution in [0.4, 0.5) is 0 Å². The molecule has 0 bridgehead atoms. The van der Waals surface area contributed by atoms with Gasteiger partial charge in [0.15, 0.2) is 11.5 Å². The first kappa shape index (κ1) is 31.0. The van der Waals surface area contributed by atoms with Gasteiger partial charge < -0.3 is 34.6 Å². The van der Waals surface area contributed by atoms with Gasteiger partial charge in [-0.3, -0.25) is 14.4 Å². The summed E-state index contributed by atoms with van der Waals surface area (Å²) in [6.45, 7) is 5.03. The summed E-state index contributed by atoms with van der Waals surface area (Å²) >= 11 is 2.01. The van der Waals surface area contributed by atoms with Crippen LogP contribution in [0.5, 0.6) is 11.5 Å². The third-order valence-electron chi connectivity index (χ3n) is 5.93. The molecule has 0 heterocycles. The van der Waals surface area contributed by atoms with Gasteiger partial charge in [-0.1, -0.05) is 6.92 Å². The van der Waals surface area contributed by atoms with Crippen LogP contribution in [-0.4, -0.2) is 91.5 Å². The van der Waals surface area contributed by atoms with Gasteiger partial charge in [0.25, 0.3) is 0 Å². The molecular formula is C26H37IN2O8. The average molecular weight is 632 g/mol. The molecule has 0 spiro atoms. The van der Waals surface area contributed by atoms with Gasteiger partial charge in [-0.2, -0.15) is 0 Å². The Morgan fingerprint density at radius 2 is 2.05 bits per heavy atom. The van der Waals surface area contributed by atoms with E-state index in [1.807, 2.05) is 36.4 Å². The van der Waals surface area contributed by atoms with Crippen LogP contribution >= 0.6 is 22.6 Å². The zero-order chi connectivity index (χ0) is 27.4. The molecule has 10 nitrogen and oxygen atoms in total. The molecule has 0 fully saturated rings. The standard InChI is InChI=1S/C26H37IN2O8/c1-4-7-23(32)29(9-6-11-36-5-2)20-14-18(26(34)28-8-10-30)15-21(24(20)33)37-25-19(27)12-17(16-31)13-22(25)35-3/h12-13,15-16,20-21,24,30,33H,4-11,14H2,1-3H3,(H,28,34)/t20-,21+,24+/m1/s1. The molecule has 2 rings (SSSR count). The highest BCUT2D eigenvalue weighted by molar-refractivity contribution is 14.1. The zero-order valence-corrected chi connectivity index (χ0v) is 23.7. The highest BCUT2D eigenvalue weighted by atomic mass is 127. The lowest BCUT2D eigenvalue weighted by Crippen LogP contribution is -2.55. The number of rotatable bonds is 15. The number of carbonyl (C=O) groups excluding carboxylic acids is 3. The Kier molecular flexibility index (Phi) is 13.3. The van der Waals surface area contributed by atoms with E-state index in [9.17, 15) is 19.5 Å². The summed E-state index contributed by atoms with van der Waals surface area (Å²) in [4.78, 5) is 38.9. The summed E-state index contributed by atoms with van der Waals surface area (Å²) in [6, 6.07) is 2.44. The quantitative estimate of drug-likeness (QED) is 0.152. The van der Waals surface area contributed by atoms with Crippen molar-refractivity contribution in [3.8, 4) is 11.5 Å². The molecule has 11 heteroatoms. The number of aldehydes is 1. The van der Waals surface area contributed by atoms with Crippen LogP contribution in [0, 0.1) is 3.57 Å². The summed E-state index contributed by atoms with van der Waals surface area (Å²) < 4.78 is 17.6. The topological polar surface area (TPSA) is 135 Å². The van der Waals surface area contributed by atoms with Crippen molar-refractivity contribution in [2.24, 2.45) is 0 Å². The molecule has 1 aliphatic carbocycles. The molecule has 0 saturated heterocycles. The van der Waals surface area contributed by atoms with E-state index in [2.05, 4.69) is 5.32 Å². The second kappa shape index (κ2) is 15.9. The van der Waals surface area contributed by atoms with Crippen molar-refractivity contribution in [2.45, 2.75) is 57.8 Å². The highest BCUT2D eigenvalue weighted by Crippen LogP contribution is 2.37. The minimum atomic E-state index is -1.14. The number of hydrogen-bond donors (Lipinski definition) is 3. The van der Waals surface area contributed by atoms with Crippen molar-refractivity contribution in [1.29, 1.82) is 0 Å². The summed E-state index contributed by atoms with van der Waals surface area (Å²) in [5, 5.41) is 23.2. The molecule has 1 aromatic rings. The van der Waals surface area contributed by atoms with E-state index in [1.165, 1.54) is 13.2 Å². The number of ether oxygens (including phenoxy) is 3. The third-order valence-corrected chi connectivity index (χ3v) is 6.73. The Balaban J connectivity index is 2.45. The van der Waals surface area contributed by atoms with E-state index < -0.39 is 24.2 Å². The van der Waals surface area contributed by atoms with Gasteiger partial charge in [-0.25, -0.2) is 0 Å². The van der Waals surface area contributed by atoms with Gasteiger partial charge in [0, 0.05) is 50.3 Å². The van der Waals surface area contributed by atoms with E-state index >= 15 is 0 Å². The smallest absolute Gasteiger partial charge is 0.247 e. The highest BCUT2D eigenvalue weighted by Gasteiger charge is 2.40. The Morgan fingerprint density at radius 1 is 1.30 bits per heavy atom. The van der Waals surface area contributed by atoms with E-state index in [1.54, 1.807) is 17.0 Å². The predicted octanol–water partition coefficient (Wildman–Crippen LogP) is 2.08. The van der Waals surface area contributed by atoms with Crippen LogP contribution in [0.15, 0.2) is 23.8 Å². The van der Waals surface area contributed by atoms with Crippen LogP contribution in [-0.2, 0) is 14.3 Å².